The molecule has 0 N–H and O–H groups in total. The molecule has 1 aliphatic carbocycles. The van der Waals surface area contributed by atoms with E-state index >= 15 is 0 Å². The van der Waals surface area contributed by atoms with E-state index in [-0.39, 0.29) is 17.8 Å². The van der Waals surface area contributed by atoms with Crippen molar-refractivity contribution in [2.24, 2.45) is 13.0 Å². The zero-order valence-electron chi connectivity index (χ0n) is 15.9. The molecule has 0 aromatic carbocycles. The Kier molecular flexibility index (Phi) is 4.76. The highest BCUT2D eigenvalue weighted by Crippen LogP contribution is 2.33. The lowest BCUT2D eigenvalue weighted by atomic mass is 10.0. The number of hydrogen-bond donors (Lipinski definition) is 0. The summed E-state index contributed by atoms with van der Waals surface area (Å²) in [5.41, 5.74) is 0.500. The van der Waals surface area contributed by atoms with Gasteiger partial charge in [-0.15, -0.1) is 0 Å². The van der Waals surface area contributed by atoms with Crippen molar-refractivity contribution in [2.75, 3.05) is 0 Å². The zero-order chi connectivity index (χ0) is 20.8. The van der Waals surface area contributed by atoms with Gasteiger partial charge in [0.1, 0.15) is 17.6 Å². The molecule has 0 amide bonds. The Bertz CT molecular complexity index is 1060. The maximum absolute atomic E-state index is 12.8. The van der Waals surface area contributed by atoms with Crippen molar-refractivity contribution in [3.05, 3.63) is 36.3 Å². The molecule has 0 bridgehead atoms. The second-order valence-corrected chi connectivity index (χ2v) is 7.34. The van der Waals surface area contributed by atoms with E-state index < -0.39 is 11.9 Å². The molecule has 0 radical (unpaired) electrons. The van der Waals surface area contributed by atoms with Gasteiger partial charge in [0.25, 0.3) is 0 Å². The van der Waals surface area contributed by atoms with E-state index in [9.17, 15) is 18.0 Å². The van der Waals surface area contributed by atoms with Crippen molar-refractivity contribution in [3.8, 4) is 17.1 Å². The van der Waals surface area contributed by atoms with Gasteiger partial charge in [-0.3, -0.25) is 14.5 Å². The van der Waals surface area contributed by atoms with Gasteiger partial charge >= 0.3 is 6.18 Å². The van der Waals surface area contributed by atoms with Gasteiger partial charge in [0.15, 0.2) is 0 Å². The lowest BCUT2D eigenvalue weighted by molar-refractivity contribution is -0.141. The first-order valence-electron chi connectivity index (χ1n) is 9.27. The summed E-state index contributed by atoms with van der Waals surface area (Å²) < 4.78 is 46.1. The lowest BCUT2D eigenvalue weighted by Gasteiger charge is -2.20. The van der Waals surface area contributed by atoms with Gasteiger partial charge in [-0.05, 0) is 31.5 Å². The topological polar surface area (TPSA) is 69.9 Å². The zero-order valence-corrected chi connectivity index (χ0v) is 15.9. The summed E-state index contributed by atoms with van der Waals surface area (Å²) in [4.78, 5) is 19.6. The Hall–Kier alpha value is -2.97. The number of halogens is 3. The number of ketones is 1. The van der Waals surface area contributed by atoms with E-state index in [4.69, 9.17) is 4.74 Å². The maximum Gasteiger partial charge on any atom is 0.433 e. The Morgan fingerprint density at radius 1 is 1.31 bits per heavy atom. The second kappa shape index (κ2) is 7.13. The van der Waals surface area contributed by atoms with Crippen LogP contribution in [0.2, 0.25) is 0 Å². The average Bonchev–Trinajstić information content (AvgIpc) is 3.26. The first-order chi connectivity index (χ1) is 13.7. The van der Waals surface area contributed by atoms with E-state index in [2.05, 4.69) is 15.1 Å². The normalized spacial score (nSPS) is 18.4. The number of nitrogens with zero attached hydrogens (tertiary/aromatic N) is 4. The number of hydrogen-bond acceptors (Lipinski definition) is 5. The second-order valence-electron chi connectivity index (χ2n) is 7.34. The number of ether oxygens (including phenoxy) is 1. The Labute approximate surface area is 164 Å². The highest BCUT2D eigenvalue weighted by atomic mass is 19.4. The molecule has 1 saturated carbocycles. The molecule has 1 aliphatic rings. The number of aromatic nitrogens is 4. The minimum atomic E-state index is -4.50. The SMILES string of the molecule is C[C@@H](Oc1nc(-c2ccc(C(F)(F)F)nc2)cc2nn(C)cc12)[C@H]1CCC(=O)C1. The molecule has 4 rings (SSSR count). The smallest absolute Gasteiger partial charge is 0.433 e. The van der Waals surface area contributed by atoms with Crippen LogP contribution in [0.15, 0.2) is 30.6 Å². The highest BCUT2D eigenvalue weighted by molar-refractivity contribution is 5.86. The fourth-order valence-corrected chi connectivity index (χ4v) is 3.58. The summed E-state index contributed by atoms with van der Waals surface area (Å²) in [5, 5.41) is 5.08. The van der Waals surface area contributed by atoms with Crippen LogP contribution in [0.3, 0.4) is 0 Å². The number of aryl methyl sites for hydroxylation is 1. The van der Waals surface area contributed by atoms with Gasteiger partial charge in [0.2, 0.25) is 5.88 Å². The summed E-state index contributed by atoms with van der Waals surface area (Å²) in [6.07, 6.45) is 0.0173. The molecule has 152 valence electrons. The van der Waals surface area contributed by atoms with Crippen LogP contribution < -0.4 is 4.74 Å². The third-order valence-corrected chi connectivity index (χ3v) is 5.18. The minimum absolute atomic E-state index is 0.118. The van der Waals surface area contributed by atoms with Crippen molar-refractivity contribution in [3.63, 3.8) is 0 Å². The fourth-order valence-electron chi connectivity index (χ4n) is 3.58. The van der Waals surface area contributed by atoms with Crippen LogP contribution in [0.25, 0.3) is 22.2 Å². The van der Waals surface area contributed by atoms with Crippen LogP contribution in [0, 0.1) is 5.92 Å². The monoisotopic (exact) mass is 404 g/mol. The molecule has 0 spiro atoms. The summed E-state index contributed by atoms with van der Waals surface area (Å²) in [5.74, 6) is 0.694. The summed E-state index contributed by atoms with van der Waals surface area (Å²) in [7, 11) is 1.77. The van der Waals surface area contributed by atoms with Gasteiger partial charge in [-0.1, -0.05) is 0 Å². The van der Waals surface area contributed by atoms with E-state index in [1.54, 1.807) is 24.0 Å². The number of carbonyl (C=O) groups excluding carboxylic acids is 1. The van der Waals surface area contributed by atoms with E-state index in [0.29, 0.717) is 40.9 Å². The largest absolute Gasteiger partial charge is 0.474 e. The predicted octanol–water partition coefficient (Wildman–Crippen LogP) is 4.19. The van der Waals surface area contributed by atoms with Gasteiger partial charge in [0, 0.05) is 43.8 Å². The molecule has 0 saturated heterocycles. The number of alkyl halides is 3. The molecule has 0 unspecified atom stereocenters. The van der Waals surface area contributed by atoms with Crippen LogP contribution in [0.1, 0.15) is 31.9 Å². The van der Waals surface area contributed by atoms with Crippen molar-refractivity contribution in [2.45, 2.75) is 38.5 Å². The molecule has 6 nitrogen and oxygen atoms in total. The van der Waals surface area contributed by atoms with E-state index in [1.807, 2.05) is 6.92 Å². The molecule has 9 heteroatoms. The van der Waals surface area contributed by atoms with Crippen molar-refractivity contribution in [1.82, 2.24) is 19.7 Å². The van der Waals surface area contributed by atoms with Crippen LogP contribution in [-0.2, 0) is 18.0 Å². The summed E-state index contributed by atoms with van der Waals surface area (Å²) >= 11 is 0. The van der Waals surface area contributed by atoms with Gasteiger partial charge in [-0.2, -0.15) is 18.3 Å². The Morgan fingerprint density at radius 3 is 2.72 bits per heavy atom. The molecule has 1 fully saturated rings. The van der Waals surface area contributed by atoms with Crippen LogP contribution in [0.5, 0.6) is 5.88 Å². The van der Waals surface area contributed by atoms with Crippen molar-refractivity contribution >= 4 is 16.7 Å². The van der Waals surface area contributed by atoms with E-state index in [0.717, 1.165) is 18.7 Å². The van der Waals surface area contributed by atoms with Crippen molar-refractivity contribution in [1.29, 1.82) is 0 Å². The molecule has 2 atom stereocenters. The van der Waals surface area contributed by atoms with Crippen LogP contribution >= 0.6 is 0 Å². The minimum Gasteiger partial charge on any atom is -0.474 e. The first-order valence-corrected chi connectivity index (χ1v) is 9.27. The number of fused-ring (bicyclic) bond motifs is 1. The van der Waals surface area contributed by atoms with Gasteiger partial charge < -0.3 is 4.74 Å². The molecule has 29 heavy (non-hydrogen) atoms. The lowest BCUT2D eigenvalue weighted by Crippen LogP contribution is -2.22. The maximum atomic E-state index is 12.8. The molecular weight excluding hydrogens is 385 g/mol. The summed E-state index contributed by atoms with van der Waals surface area (Å²) in [6.45, 7) is 1.90. The number of carbonyl (C=O) groups is 1. The Balaban J connectivity index is 1.70. The fraction of sp³-hybridized carbons (Fsp3) is 0.400. The average molecular weight is 404 g/mol. The molecular formula is C20H19F3N4O2. The number of pyridine rings is 2. The van der Waals surface area contributed by atoms with Crippen molar-refractivity contribution < 1.29 is 22.7 Å². The number of rotatable bonds is 4. The molecule has 3 aromatic rings. The molecule has 3 aromatic heterocycles. The van der Waals surface area contributed by atoms with Gasteiger partial charge in [-0.25, -0.2) is 4.98 Å². The molecule has 0 aliphatic heterocycles. The highest BCUT2D eigenvalue weighted by Gasteiger charge is 2.32. The first kappa shape index (κ1) is 19.4. The summed E-state index contributed by atoms with van der Waals surface area (Å²) in [6, 6.07) is 3.94. The quantitative estimate of drug-likeness (QED) is 0.652. The number of Topliss-reactive ketones (excluding diaryl/α,β-unsaturated/α-hetero) is 1. The Morgan fingerprint density at radius 2 is 2.10 bits per heavy atom. The van der Waals surface area contributed by atoms with Crippen LogP contribution in [0.4, 0.5) is 13.2 Å². The van der Waals surface area contributed by atoms with Crippen LogP contribution in [-0.4, -0.2) is 31.6 Å². The molecule has 3 heterocycles. The third kappa shape index (κ3) is 3.94. The third-order valence-electron chi connectivity index (χ3n) is 5.18. The van der Waals surface area contributed by atoms with E-state index in [1.165, 1.54) is 6.07 Å². The van der Waals surface area contributed by atoms with Gasteiger partial charge in [0.05, 0.1) is 16.6 Å². The standard InChI is InChI=1S/C20H19F3N4O2/c1-11(12-3-5-14(28)7-12)29-19-15-10-27(2)26-17(15)8-16(25-19)13-4-6-18(24-9-13)20(21,22)23/h4,6,8-12H,3,5,7H2,1-2H3/t11-,12+/m1/s1. The predicted molar refractivity (Wildman–Crippen MR) is 99.2 cm³/mol.